The number of halogens is 3. The van der Waals surface area contributed by atoms with Gasteiger partial charge in [-0.15, -0.1) is 0 Å². The van der Waals surface area contributed by atoms with Crippen LogP contribution in [0.2, 0.25) is 10.0 Å². The smallest absolute Gasteiger partial charge is 0.271 e. The van der Waals surface area contributed by atoms with Crippen LogP contribution in [0, 0.1) is 5.82 Å². The van der Waals surface area contributed by atoms with Gasteiger partial charge in [-0.05, 0) is 36.4 Å². The van der Waals surface area contributed by atoms with Gasteiger partial charge >= 0.3 is 0 Å². The number of nitrogens with zero attached hydrogens (tertiary/aromatic N) is 3. The van der Waals surface area contributed by atoms with E-state index in [2.05, 4.69) is 15.3 Å². The summed E-state index contributed by atoms with van der Waals surface area (Å²) in [6.07, 6.45) is 0. The van der Waals surface area contributed by atoms with E-state index < -0.39 is 0 Å². The number of rotatable bonds is 6. The summed E-state index contributed by atoms with van der Waals surface area (Å²) >= 11 is 12.7. The van der Waals surface area contributed by atoms with Gasteiger partial charge in [-0.2, -0.15) is 5.10 Å². The van der Waals surface area contributed by atoms with E-state index in [9.17, 15) is 9.18 Å². The molecule has 1 aromatic heterocycles. The molecule has 2 aromatic carbocycles. The van der Waals surface area contributed by atoms with Gasteiger partial charge in [-0.25, -0.2) is 9.07 Å². The average Bonchev–Trinajstić information content (AvgIpc) is 2.79. The second kappa shape index (κ2) is 10.1. The van der Waals surface area contributed by atoms with Crippen LogP contribution in [-0.4, -0.2) is 40.9 Å². The number of nitrogens with two attached hydrogens (primary N) is 1. The van der Waals surface area contributed by atoms with Gasteiger partial charge in [-0.1, -0.05) is 29.3 Å². The van der Waals surface area contributed by atoms with Crippen LogP contribution in [0.15, 0.2) is 47.3 Å². The highest BCUT2D eigenvalue weighted by Gasteiger charge is 2.17. The van der Waals surface area contributed by atoms with Gasteiger partial charge in [0.1, 0.15) is 5.82 Å². The first kappa shape index (κ1) is 22.9. The fraction of sp³-hybridized carbons (Fsp3) is 0.304. The Morgan fingerprint density at radius 3 is 2.44 bits per heavy atom. The highest BCUT2D eigenvalue weighted by atomic mass is 35.5. The minimum atomic E-state index is -0.367. The van der Waals surface area contributed by atoms with Crippen LogP contribution < -0.4 is 16.6 Å². The van der Waals surface area contributed by atoms with Gasteiger partial charge in [0, 0.05) is 71.6 Å². The molecular formula is C23H24Cl2FN5O. The van der Waals surface area contributed by atoms with E-state index in [1.54, 1.807) is 36.4 Å². The third kappa shape index (κ3) is 5.03. The first-order valence-corrected chi connectivity index (χ1v) is 11.2. The predicted octanol–water partition coefficient (Wildman–Crippen LogP) is 3.27. The van der Waals surface area contributed by atoms with Crippen molar-refractivity contribution >= 4 is 23.2 Å². The monoisotopic (exact) mass is 475 g/mol. The van der Waals surface area contributed by atoms with Gasteiger partial charge in [0.2, 0.25) is 0 Å². The van der Waals surface area contributed by atoms with Gasteiger partial charge < -0.3 is 11.1 Å². The lowest BCUT2D eigenvalue weighted by atomic mass is 10.1. The van der Waals surface area contributed by atoms with Crippen molar-refractivity contribution in [1.82, 2.24) is 20.0 Å². The molecule has 0 amide bonds. The molecule has 1 saturated heterocycles. The molecule has 4 rings (SSSR count). The van der Waals surface area contributed by atoms with Gasteiger partial charge in [-0.3, -0.25) is 9.69 Å². The van der Waals surface area contributed by atoms with Crippen LogP contribution in [0.4, 0.5) is 4.39 Å². The molecular weight excluding hydrogens is 452 g/mol. The fourth-order valence-electron chi connectivity index (χ4n) is 3.79. The van der Waals surface area contributed by atoms with Crippen molar-refractivity contribution in [2.45, 2.75) is 19.6 Å². The van der Waals surface area contributed by atoms with Crippen molar-refractivity contribution in [2.24, 2.45) is 5.73 Å². The molecule has 1 fully saturated rings. The molecule has 0 aliphatic carbocycles. The maximum atomic E-state index is 14.0. The Kier molecular flexibility index (Phi) is 7.23. The number of piperazine rings is 1. The van der Waals surface area contributed by atoms with E-state index in [0.29, 0.717) is 44.5 Å². The van der Waals surface area contributed by atoms with Crippen molar-refractivity contribution in [3.63, 3.8) is 0 Å². The Bertz CT molecular complexity index is 1160. The maximum absolute atomic E-state index is 14.0. The summed E-state index contributed by atoms with van der Waals surface area (Å²) in [5.41, 5.74) is 8.35. The maximum Gasteiger partial charge on any atom is 0.271 e. The Labute approximate surface area is 195 Å². The van der Waals surface area contributed by atoms with Crippen LogP contribution in [0.5, 0.6) is 0 Å². The zero-order chi connectivity index (χ0) is 22.7. The molecule has 9 heteroatoms. The quantitative estimate of drug-likeness (QED) is 0.572. The van der Waals surface area contributed by atoms with Gasteiger partial charge in [0.25, 0.3) is 5.56 Å². The Balaban J connectivity index is 1.80. The van der Waals surface area contributed by atoms with Crippen LogP contribution in [0.1, 0.15) is 16.7 Å². The number of aromatic nitrogens is 2. The van der Waals surface area contributed by atoms with Crippen molar-refractivity contribution < 1.29 is 4.39 Å². The van der Waals surface area contributed by atoms with E-state index in [1.807, 2.05) is 0 Å². The van der Waals surface area contributed by atoms with Crippen LogP contribution in [-0.2, 0) is 19.6 Å². The topological polar surface area (TPSA) is 76.2 Å². The molecule has 0 bridgehead atoms. The Morgan fingerprint density at radius 2 is 1.75 bits per heavy atom. The summed E-state index contributed by atoms with van der Waals surface area (Å²) < 4.78 is 15.4. The first-order chi connectivity index (χ1) is 15.5. The predicted molar refractivity (Wildman–Crippen MR) is 125 cm³/mol. The van der Waals surface area contributed by atoms with Gasteiger partial charge in [0.15, 0.2) is 0 Å². The minimum Gasteiger partial charge on any atom is -0.326 e. The third-order valence-corrected chi connectivity index (χ3v) is 6.29. The third-order valence-electron chi connectivity index (χ3n) is 5.58. The van der Waals surface area contributed by atoms with Crippen molar-refractivity contribution in [3.05, 3.63) is 85.4 Å². The lowest BCUT2D eigenvalue weighted by Gasteiger charge is -2.27. The molecule has 1 aliphatic heterocycles. The fourth-order valence-corrected chi connectivity index (χ4v) is 4.31. The molecule has 0 radical (unpaired) electrons. The van der Waals surface area contributed by atoms with Gasteiger partial charge in [0.05, 0.1) is 12.2 Å². The standard InChI is InChI=1S/C23H24Cl2FN5O/c24-19-2-1-3-20(25)18(19)14-31-23(32)17(13-30-8-6-28-7-9-30)11-22(29-31)15-4-5-21(26)16(10-15)12-27/h1-5,10-11,28H,6-9,12-14,27H2. The zero-order valence-electron chi connectivity index (χ0n) is 17.5. The van der Waals surface area contributed by atoms with E-state index in [0.717, 1.165) is 26.2 Å². The zero-order valence-corrected chi connectivity index (χ0v) is 19.0. The second-order valence-electron chi connectivity index (χ2n) is 7.75. The van der Waals surface area contributed by atoms with E-state index in [1.165, 1.54) is 10.7 Å². The first-order valence-electron chi connectivity index (χ1n) is 10.4. The molecule has 2 heterocycles. The van der Waals surface area contributed by atoms with Crippen LogP contribution >= 0.6 is 23.2 Å². The lowest BCUT2D eigenvalue weighted by molar-refractivity contribution is 0.231. The molecule has 32 heavy (non-hydrogen) atoms. The van der Waals surface area contributed by atoms with E-state index >= 15 is 0 Å². The number of benzene rings is 2. The van der Waals surface area contributed by atoms with Crippen molar-refractivity contribution in [1.29, 1.82) is 0 Å². The average molecular weight is 476 g/mol. The molecule has 0 atom stereocenters. The van der Waals surface area contributed by atoms with Crippen molar-refractivity contribution in [3.8, 4) is 11.3 Å². The Hall–Kier alpha value is -2.29. The number of nitrogens with one attached hydrogen (secondary N) is 1. The molecule has 0 unspecified atom stereocenters. The summed E-state index contributed by atoms with van der Waals surface area (Å²) in [5, 5.41) is 8.81. The minimum absolute atomic E-state index is 0.0716. The molecule has 6 nitrogen and oxygen atoms in total. The summed E-state index contributed by atoms with van der Waals surface area (Å²) in [6, 6.07) is 11.7. The summed E-state index contributed by atoms with van der Waals surface area (Å²) in [5.74, 6) is -0.367. The molecule has 0 spiro atoms. The molecule has 3 aromatic rings. The summed E-state index contributed by atoms with van der Waals surface area (Å²) in [4.78, 5) is 15.5. The summed E-state index contributed by atoms with van der Waals surface area (Å²) in [6.45, 7) is 4.14. The molecule has 1 aliphatic rings. The normalized spacial score (nSPS) is 14.6. The molecule has 3 N–H and O–H groups in total. The Morgan fingerprint density at radius 1 is 1.03 bits per heavy atom. The highest BCUT2D eigenvalue weighted by Crippen LogP contribution is 2.26. The molecule has 168 valence electrons. The number of hydrogen-bond acceptors (Lipinski definition) is 5. The van der Waals surface area contributed by atoms with Crippen molar-refractivity contribution in [2.75, 3.05) is 26.2 Å². The van der Waals surface area contributed by atoms with E-state index in [4.69, 9.17) is 28.9 Å². The van der Waals surface area contributed by atoms with E-state index in [-0.39, 0.29) is 24.5 Å². The SMILES string of the molecule is NCc1cc(-c2cc(CN3CCNCC3)c(=O)n(Cc3c(Cl)cccc3Cl)n2)ccc1F. The molecule has 0 saturated carbocycles. The number of hydrogen-bond donors (Lipinski definition) is 2. The second-order valence-corrected chi connectivity index (χ2v) is 8.57. The van der Waals surface area contributed by atoms with Crippen LogP contribution in [0.25, 0.3) is 11.3 Å². The summed E-state index contributed by atoms with van der Waals surface area (Å²) in [7, 11) is 0. The van der Waals surface area contributed by atoms with Crippen LogP contribution in [0.3, 0.4) is 0 Å². The highest BCUT2D eigenvalue weighted by molar-refractivity contribution is 6.35. The largest absolute Gasteiger partial charge is 0.326 e. The lowest BCUT2D eigenvalue weighted by Crippen LogP contribution is -2.44.